The SMILES string of the molecule is CN/C(=C(\C)c1ccc(C)cc1)C(O)C(=O)OC. The van der Waals surface area contributed by atoms with Gasteiger partial charge in [-0.05, 0) is 25.0 Å². The fourth-order valence-electron chi connectivity index (χ4n) is 1.72. The van der Waals surface area contributed by atoms with Gasteiger partial charge in [-0.25, -0.2) is 4.79 Å². The number of hydrogen-bond acceptors (Lipinski definition) is 4. The number of hydrogen-bond donors (Lipinski definition) is 2. The molecule has 98 valence electrons. The van der Waals surface area contributed by atoms with Gasteiger partial charge >= 0.3 is 5.97 Å². The molecule has 0 bridgehead atoms. The van der Waals surface area contributed by atoms with Gasteiger partial charge in [-0.15, -0.1) is 0 Å². The van der Waals surface area contributed by atoms with Crippen LogP contribution in [0.25, 0.3) is 5.57 Å². The van der Waals surface area contributed by atoms with Crippen molar-refractivity contribution >= 4 is 11.5 Å². The van der Waals surface area contributed by atoms with E-state index in [0.717, 1.165) is 16.7 Å². The minimum atomic E-state index is -1.29. The summed E-state index contributed by atoms with van der Waals surface area (Å²) in [6, 6.07) is 7.87. The number of aliphatic hydroxyl groups is 1. The summed E-state index contributed by atoms with van der Waals surface area (Å²) in [5, 5.41) is 12.7. The number of aryl methyl sites for hydroxylation is 1. The quantitative estimate of drug-likeness (QED) is 0.794. The summed E-state index contributed by atoms with van der Waals surface area (Å²) in [7, 11) is 2.92. The zero-order valence-electron chi connectivity index (χ0n) is 11.2. The second-order valence-corrected chi connectivity index (χ2v) is 4.08. The van der Waals surface area contributed by atoms with E-state index in [1.165, 1.54) is 7.11 Å². The Balaban J connectivity index is 3.14. The molecule has 1 aromatic carbocycles. The Hall–Kier alpha value is -1.81. The number of ether oxygens (including phenoxy) is 1. The predicted octanol–water partition coefficient (Wildman–Crippen LogP) is 1.48. The Labute approximate surface area is 107 Å². The molecule has 18 heavy (non-hydrogen) atoms. The van der Waals surface area contributed by atoms with Crippen LogP contribution in [0, 0.1) is 6.92 Å². The highest BCUT2D eigenvalue weighted by molar-refractivity contribution is 5.82. The zero-order valence-corrected chi connectivity index (χ0v) is 11.2. The number of carbonyl (C=O) groups excluding carboxylic acids is 1. The first-order valence-corrected chi connectivity index (χ1v) is 5.72. The molecule has 1 unspecified atom stereocenters. The topological polar surface area (TPSA) is 58.6 Å². The normalized spacial score (nSPS) is 13.6. The van der Waals surface area contributed by atoms with Crippen molar-refractivity contribution in [3.05, 3.63) is 41.1 Å². The lowest BCUT2D eigenvalue weighted by Gasteiger charge is -2.16. The van der Waals surface area contributed by atoms with E-state index >= 15 is 0 Å². The third-order valence-electron chi connectivity index (χ3n) is 2.86. The first-order chi connectivity index (χ1) is 8.51. The van der Waals surface area contributed by atoms with Crippen LogP contribution in [0.5, 0.6) is 0 Å². The molecule has 0 aliphatic heterocycles. The number of rotatable bonds is 4. The molecule has 0 fully saturated rings. The lowest BCUT2D eigenvalue weighted by Crippen LogP contribution is -2.31. The van der Waals surface area contributed by atoms with E-state index in [4.69, 9.17) is 0 Å². The molecule has 1 atom stereocenters. The van der Waals surface area contributed by atoms with Gasteiger partial charge in [-0.1, -0.05) is 29.8 Å². The Bertz CT molecular complexity index is 449. The van der Waals surface area contributed by atoms with Crippen LogP contribution < -0.4 is 5.32 Å². The number of likely N-dealkylation sites (N-methyl/N-ethyl adjacent to an activating group) is 1. The fourth-order valence-corrected chi connectivity index (χ4v) is 1.72. The van der Waals surface area contributed by atoms with Gasteiger partial charge in [0.1, 0.15) is 0 Å². The van der Waals surface area contributed by atoms with Crippen molar-refractivity contribution in [1.29, 1.82) is 0 Å². The maximum Gasteiger partial charge on any atom is 0.340 e. The van der Waals surface area contributed by atoms with Crippen molar-refractivity contribution in [1.82, 2.24) is 5.32 Å². The first-order valence-electron chi connectivity index (χ1n) is 5.72. The van der Waals surface area contributed by atoms with Crippen molar-refractivity contribution in [3.63, 3.8) is 0 Å². The van der Waals surface area contributed by atoms with Crippen molar-refractivity contribution in [3.8, 4) is 0 Å². The number of methoxy groups -OCH3 is 1. The van der Waals surface area contributed by atoms with E-state index in [-0.39, 0.29) is 0 Å². The molecule has 0 aromatic heterocycles. The van der Waals surface area contributed by atoms with Crippen molar-refractivity contribution < 1.29 is 14.6 Å². The van der Waals surface area contributed by atoms with E-state index < -0.39 is 12.1 Å². The molecule has 4 nitrogen and oxygen atoms in total. The molecule has 1 aromatic rings. The molecule has 0 radical (unpaired) electrons. The number of esters is 1. The molecule has 2 N–H and O–H groups in total. The summed E-state index contributed by atoms with van der Waals surface area (Å²) in [6.45, 7) is 3.85. The summed E-state index contributed by atoms with van der Waals surface area (Å²) in [5.74, 6) is -0.675. The fraction of sp³-hybridized carbons (Fsp3) is 0.357. The molecule has 0 spiro atoms. The third kappa shape index (κ3) is 3.11. The van der Waals surface area contributed by atoms with Crippen LogP contribution in [0.2, 0.25) is 0 Å². The monoisotopic (exact) mass is 249 g/mol. The minimum Gasteiger partial charge on any atom is -0.467 e. The Morgan fingerprint density at radius 1 is 1.33 bits per heavy atom. The first kappa shape index (κ1) is 14.3. The number of aliphatic hydroxyl groups excluding tert-OH is 1. The highest BCUT2D eigenvalue weighted by Gasteiger charge is 2.22. The average molecular weight is 249 g/mol. The second-order valence-electron chi connectivity index (χ2n) is 4.08. The summed E-state index contributed by atoms with van der Waals surface area (Å²) in [6.07, 6.45) is -1.29. The number of nitrogens with one attached hydrogen (secondary N) is 1. The largest absolute Gasteiger partial charge is 0.467 e. The van der Waals surface area contributed by atoms with E-state index in [9.17, 15) is 9.90 Å². The van der Waals surface area contributed by atoms with Gasteiger partial charge in [0.2, 0.25) is 0 Å². The van der Waals surface area contributed by atoms with Gasteiger partial charge in [0.05, 0.1) is 12.8 Å². The van der Waals surface area contributed by atoms with Crippen molar-refractivity contribution in [2.45, 2.75) is 20.0 Å². The van der Waals surface area contributed by atoms with Gasteiger partial charge in [-0.3, -0.25) is 0 Å². The van der Waals surface area contributed by atoms with Crippen LogP contribution in [0.4, 0.5) is 0 Å². The van der Waals surface area contributed by atoms with Crippen LogP contribution in [-0.2, 0) is 9.53 Å². The molecule has 0 heterocycles. The maximum absolute atomic E-state index is 11.4. The second kappa shape index (κ2) is 6.21. The maximum atomic E-state index is 11.4. The lowest BCUT2D eigenvalue weighted by atomic mass is 10.0. The molecular weight excluding hydrogens is 230 g/mol. The van der Waals surface area contributed by atoms with E-state index in [0.29, 0.717) is 5.70 Å². The highest BCUT2D eigenvalue weighted by atomic mass is 16.5. The molecule has 0 aliphatic rings. The van der Waals surface area contributed by atoms with Gasteiger partial charge in [0, 0.05) is 7.05 Å². The average Bonchev–Trinajstić information content (AvgIpc) is 2.39. The zero-order chi connectivity index (χ0) is 13.7. The molecule has 1 rings (SSSR count). The molecule has 0 saturated carbocycles. The standard InChI is InChI=1S/C14H19NO3/c1-9-5-7-11(8-6-9)10(2)12(15-3)13(16)14(17)18-4/h5-8,13,15-16H,1-4H3/b12-10+. The Kier molecular flexibility index (Phi) is 4.92. The van der Waals surface area contributed by atoms with E-state index in [1.54, 1.807) is 7.05 Å². The molecular formula is C14H19NO3. The van der Waals surface area contributed by atoms with Gasteiger partial charge in [-0.2, -0.15) is 0 Å². The van der Waals surface area contributed by atoms with Gasteiger partial charge in [0.15, 0.2) is 6.10 Å². The molecule has 4 heteroatoms. The molecule has 0 aliphatic carbocycles. The van der Waals surface area contributed by atoms with Crippen LogP contribution in [0.3, 0.4) is 0 Å². The predicted molar refractivity (Wildman–Crippen MR) is 70.9 cm³/mol. The van der Waals surface area contributed by atoms with E-state index in [1.807, 2.05) is 38.1 Å². The van der Waals surface area contributed by atoms with Crippen LogP contribution in [0.1, 0.15) is 18.1 Å². The van der Waals surface area contributed by atoms with Crippen molar-refractivity contribution in [2.24, 2.45) is 0 Å². The Morgan fingerprint density at radius 2 is 1.89 bits per heavy atom. The number of allylic oxidation sites excluding steroid dienone is 1. The lowest BCUT2D eigenvalue weighted by molar-refractivity contribution is -0.148. The summed E-state index contributed by atoms with van der Waals surface area (Å²) >= 11 is 0. The summed E-state index contributed by atoms with van der Waals surface area (Å²) in [5.41, 5.74) is 3.38. The molecule has 0 saturated heterocycles. The highest BCUT2D eigenvalue weighted by Crippen LogP contribution is 2.19. The number of carbonyl (C=O) groups is 1. The minimum absolute atomic E-state index is 0.450. The summed E-state index contributed by atoms with van der Waals surface area (Å²) in [4.78, 5) is 11.4. The van der Waals surface area contributed by atoms with Crippen molar-refractivity contribution in [2.75, 3.05) is 14.2 Å². The summed E-state index contributed by atoms with van der Waals surface area (Å²) < 4.78 is 4.54. The van der Waals surface area contributed by atoms with Gasteiger partial charge < -0.3 is 15.2 Å². The Morgan fingerprint density at radius 3 is 2.33 bits per heavy atom. The van der Waals surface area contributed by atoms with Crippen LogP contribution in [-0.4, -0.2) is 31.3 Å². The van der Waals surface area contributed by atoms with Crippen LogP contribution >= 0.6 is 0 Å². The smallest absolute Gasteiger partial charge is 0.340 e. The van der Waals surface area contributed by atoms with Crippen LogP contribution in [0.15, 0.2) is 30.0 Å². The van der Waals surface area contributed by atoms with E-state index in [2.05, 4.69) is 10.1 Å². The number of benzene rings is 1. The van der Waals surface area contributed by atoms with Gasteiger partial charge in [0.25, 0.3) is 0 Å². The molecule has 0 amide bonds. The third-order valence-corrected chi connectivity index (χ3v) is 2.86.